The van der Waals surface area contributed by atoms with Gasteiger partial charge in [0.1, 0.15) is 11.9 Å². The molecule has 3 N–H and O–H groups in total. The average Bonchev–Trinajstić information content (AvgIpc) is 3.40. The van der Waals surface area contributed by atoms with Gasteiger partial charge in [0.2, 0.25) is 0 Å². The molecule has 0 aliphatic carbocycles. The number of hydrogen-bond acceptors (Lipinski definition) is 3. The van der Waals surface area contributed by atoms with Crippen molar-refractivity contribution < 1.29 is 4.74 Å². The molecule has 0 amide bonds. The first-order valence-electron chi connectivity index (χ1n) is 13.9. The zero-order valence-corrected chi connectivity index (χ0v) is 22.8. The van der Waals surface area contributed by atoms with Crippen LogP contribution in [0.25, 0.3) is 28.0 Å². The van der Waals surface area contributed by atoms with Gasteiger partial charge in [-0.05, 0) is 70.1 Å². The molecule has 5 aromatic rings. The monoisotopic (exact) mass is 522 g/mol. The van der Waals surface area contributed by atoms with Crippen LogP contribution in [0, 0.1) is 0 Å². The summed E-state index contributed by atoms with van der Waals surface area (Å²) in [5, 5.41) is 3.71. The molecule has 0 bridgehead atoms. The fourth-order valence-corrected chi connectivity index (χ4v) is 5.43. The third-order valence-electron chi connectivity index (χ3n) is 7.46. The van der Waals surface area contributed by atoms with Crippen molar-refractivity contribution in [2.75, 3.05) is 0 Å². The number of nitrogens with one attached hydrogen (secondary N) is 1. The van der Waals surface area contributed by atoms with E-state index in [1.807, 2.05) is 24.3 Å². The van der Waals surface area contributed by atoms with Gasteiger partial charge in [0, 0.05) is 24.2 Å². The van der Waals surface area contributed by atoms with Gasteiger partial charge in [0.15, 0.2) is 0 Å². The van der Waals surface area contributed by atoms with Crippen LogP contribution in [0.15, 0.2) is 133 Å². The maximum absolute atomic E-state index is 6.63. The molecule has 0 saturated heterocycles. The van der Waals surface area contributed by atoms with Crippen LogP contribution < -0.4 is 15.8 Å². The molecule has 0 radical (unpaired) electrons. The molecule has 40 heavy (non-hydrogen) atoms. The van der Waals surface area contributed by atoms with Gasteiger partial charge >= 0.3 is 0 Å². The summed E-state index contributed by atoms with van der Waals surface area (Å²) >= 11 is 0. The number of hydrogen-bond donors (Lipinski definition) is 2. The van der Waals surface area contributed by atoms with E-state index in [2.05, 4.69) is 121 Å². The average molecular weight is 523 g/mol. The van der Waals surface area contributed by atoms with E-state index in [0.717, 1.165) is 34.6 Å². The summed E-state index contributed by atoms with van der Waals surface area (Å²) in [5.41, 5.74) is 17.1. The number of benzene rings is 5. The lowest BCUT2D eigenvalue weighted by molar-refractivity contribution is 0.252. The van der Waals surface area contributed by atoms with Crippen molar-refractivity contribution in [3.63, 3.8) is 0 Å². The van der Waals surface area contributed by atoms with Crippen molar-refractivity contribution in [2.45, 2.75) is 32.0 Å². The Morgan fingerprint density at radius 3 is 2.12 bits per heavy atom. The molecule has 3 nitrogen and oxygen atoms in total. The van der Waals surface area contributed by atoms with Crippen molar-refractivity contribution in [1.29, 1.82) is 0 Å². The molecule has 1 aliphatic heterocycles. The van der Waals surface area contributed by atoms with Crippen LogP contribution in [0.1, 0.15) is 35.2 Å². The zero-order valence-electron chi connectivity index (χ0n) is 22.8. The second kappa shape index (κ2) is 11.6. The van der Waals surface area contributed by atoms with Crippen LogP contribution in [-0.4, -0.2) is 6.10 Å². The molecule has 0 spiro atoms. The molecule has 6 rings (SSSR count). The highest BCUT2D eigenvalue weighted by Crippen LogP contribution is 2.38. The van der Waals surface area contributed by atoms with E-state index in [1.165, 1.54) is 27.8 Å². The standard InChI is InChI=1S/C37H34N2O/c1-26-20-33-22-32(31-19-11-18-30(21-31)27-12-5-2-6-13-27)23-34(37(33)40-26)25-39-36(29-16-9-4-10-17-29)24-35(38)28-14-7-3-8-15-28/h2-19,21-24,26,35,39H,20,25,38H2,1H3/b36-24-. The molecule has 198 valence electrons. The fraction of sp³-hybridized carbons (Fsp3) is 0.135. The highest BCUT2D eigenvalue weighted by atomic mass is 16.5. The SMILES string of the molecule is CC1Cc2cc(-c3cccc(-c4ccccc4)c3)cc(CN/C(=C\C(N)c3ccccc3)c3ccccc3)c2O1. The topological polar surface area (TPSA) is 47.3 Å². The van der Waals surface area contributed by atoms with Crippen LogP contribution in [0.2, 0.25) is 0 Å². The predicted octanol–water partition coefficient (Wildman–Crippen LogP) is 8.17. The van der Waals surface area contributed by atoms with E-state index < -0.39 is 0 Å². The molecular formula is C37H34N2O. The van der Waals surface area contributed by atoms with Gasteiger partial charge in [-0.1, -0.05) is 109 Å². The van der Waals surface area contributed by atoms with E-state index >= 15 is 0 Å². The lowest BCUT2D eigenvalue weighted by atomic mass is 9.95. The maximum atomic E-state index is 6.63. The van der Waals surface area contributed by atoms with Gasteiger partial charge in [-0.15, -0.1) is 0 Å². The molecule has 1 aliphatic rings. The van der Waals surface area contributed by atoms with Crippen LogP contribution in [0.4, 0.5) is 0 Å². The summed E-state index contributed by atoms with van der Waals surface area (Å²) in [7, 11) is 0. The van der Waals surface area contributed by atoms with Gasteiger partial charge in [-0.3, -0.25) is 0 Å². The van der Waals surface area contributed by atoms with Crippen molar-refractivity contribution in [3.05, 3.63) is 156 Å². The Hall–Kier alpha value is -4.60. The Morgan fingerprint density at radius 1 is 0.775 bits per heavy atom. The van der Waals surface area contributed by atoms with Crippen molar-refractivity contribution in [1.82, 2.24) is 5.32 Å². The first-order chi connectivity index (χ1) is 19.6. The third-order valence-corrected chi connectivity index (χ3v) is 7.46. The molecule has 2 atom stereocenters. The Bertz CT molecular complexity index is 1610. The summed E-state index contributed by atoms with van der Waals surface area (Å²) in [6, 6.07) is 44.3. The second-order valence-electron chi connectivity index (χ2n) is 10.4. The lowest BCUT2D eigenvalue weighted by Gasteiger charge is -2.18. The molecule has 5 aromatic carbocycles. The van der Waals surface area contributed by atoms with Gasteiger partial charge in [0.05, 0.1) is 6.04 Å². The van der Waals surface area contributed by atoms with Crippen LogP contribution in [-0.2, 0) is 13.0 Å². The Labute approximate surface area is 237 Å². The highest BCUT2D eigenvalue weighted by molar-refractivity contribution is 5.75. The number of rotatable bonds is 8. The van der Waals surface area contributed by atoms with E-state index in [9.17, 15) is 0 Å². The van der Waals surface area contributed by atoms with Crippen LogP contribution in [0.3, 0.4) is 0 Å². The molecule has 1 heterocycles. The van der Waals surface area contributed by atoms with E-state index in [0.29, 0.717) is 6.54 Å². The summed E-state index contributed by atoms with van der Waals surface area (Å²) in [4.78, 5) is 0. The summed E-state index contributed by atoms with van der Waals surface area (Å²) in [5.74, 6) is 1.00. The smallest absolute Gasteiger partial charge is 0.128 e. The predicted molar refractivity (Wildman–Crippen MR) is 166 cm³/mol. The molecule has 0 aromatic heterocycles. The van der Waals surface area contributed by atoms with E-state index in [1.54, 1.807) is 0 Å². The zero-order chi connectivity index (χ0) is 27.3. The lowest BCUT2D eigenvalue weighted by Crippen LogP contribution is -2.16. The van der Waals surface area contributed by atoms with Crippen molar-refractivity contribution >= 4 is 5.70 Å². The number of ether oxygens (including phenoxy) is 1. The summed E-state index contributed by atoms with van der Waals surface area (Å²) < 4.78 is 6.33. The molecular weight excluding hydrogens is 488 g/mol. The number of fused-ring (bicyclic) bond motifs is 1. The summed E-state index contributed by atoms with van der Waals surface area (Å²) in [6.07, 6.45) is 3.19. The quantitative estimate of drug-likeness (QED) is 0.216. The summed E-state index contributed by atoms with van der Waals surface area (Å²) in [6.45, 7) is 2.77. The second-order valence-corrected chi connectivity index (χ2v) is 10.4. The molecule has 2 unspecified atom stereocenters. The fourth-order valence-electron chi connectivity index (χ4n) is 5.43. The van der Waals surface area contributed by atoms with Gasteiger partial charge < -0.3 is 15.8 Å². The normalized spacial score (nSPS) is 15.2. The van der Waals surface area contributed by atoms with Crippen LogP contribution >= 0.6 is 0 Å². The minimum Gasteiger partial charge on any atom is -0.490 e. The van der Waals surface area contributed by atoms with Gasteiger partial charge in [0.25, 0.3) is 0 Å². The van der Waals surface area contributed by atoms with Crippen molar-refractivity contribution in [3.8, 4) is 28.0 Å². The van der Waals surface area contributed by atoms with Gasteiger partial charge in [-0.2, -0.15) is 0 Å². The molecule has 0 saturated carbocycles. The Kier molecular flexibility index (Phi) is 7.47. The molecule has 0 fully saturated rings. The van der Waals surface area contributed by atoms with E-state index in [-0.39, 0.29) is 12.1 Å². The first kappa shape index (κ1) is 25.7. The minimum absolute atomic E-state index is 0.162. The van der Waals surface area contributed by atoms with E-state index in [4.69, 9.17) is 10.5 Å². The Morgan fingerprint density at radius 2 is 1.40 bits per heavy atom. The van der Waals surface area contributed by atoms with Crippen LogP contribution in [0.5, 0.6) is 5.75 Å². The highest BCUT2D eigenvalue weighted by Gasteiger charge is 2.24. The third kappa shape index (κ3) is 5.70. The molecule has 3 heteroatoms. The maximum Gasteiger partial charge on any atom is 0.128 e. The largest absolute Gasteiger partial charge is 0.490 e. The van der Waals surface area contributed by atoms with Crippen molar-refractivity contribution in [2.24, 2.45) is 5.73 Å². The number of nitrogens with two attached hydrogens (primary N) is 1. The minimum atomic E-state index is -0.224. The van der Waals surface area contributed by atoms with Gasteiger partial charge in [-0.25, -0.2) is 0 Å². The first-order valence-corrected chi connectivity index (χ1v) is 13.9. The Balaban J connectivity index is 1.34.